The average molecular weight is 636 g/mol. The van der Waals surface area contributed by atoms with Gasteiger partial charge in [0.25, 0.3) is 0 Å². The van der Waals surface area contributed by atoms with Gasteiger partial charge in [0.05, 0.1) is 62.7 Å². The molecule has 9 aromatic rings. The predicted octanol–water partition coefficient (Wildman–Crippen LogP) is 10.8. The van der Waals surface area contributed by atoms with E-state index >= 15 is 0 Å². The first-order valence-electron chi connectivity index (χ1n) is 16.3. The van der Waals surface area contributed by atoms with E-state index < -0.39 is 0 Å². The lowest BCUT2D eigenvalue weighted by Gasteiger charge is -2.17. The van der Waals surface area contributed by atoms with Crippen LogP contribution in [0.4, 0.5) is 0 Å². The molecule has 230 valence electrons. The first-order valence-corrected chi connectivity index (χ1v) is 16.3. The van der Waals surface area contributed by atoms with Crippen molar-refractivity contribution in [3.05, 3.63) is 168 Å². The summed E-state index contributed by atoms with van der Waals surface area (Å²) in [6.07, 6.45) is 0. The Morgan fingerprint density at radius 3 is 1.74 bits per heavy atom. The van der Waals surface area contributed by atoms with Crippen LogP contribution in [-0.2, 0) is 0 Å². The van der Waals surface area contributed by atoms with E-state index in [2.05, 4.69) is 112 Å². The van der Waals surface area contributed by atoms with Gasteiger partial charge in [-0.15, -0.1) is 0 Å². The average Bonchev–Trinajstić information content (AvgIpc) is 3.70. The van der Waals surface area contributed by atoms with E-state index in [1.165, 1.54) is 10.8 Å². The Labute approximate surface area is 287 Å². The zero-order chi connectivity index (χ0) is 33.8. The smallest absolute Gasteiger partial charge is 0.0998 e. The molecule has 0 N–H and O–H groups in total. The van der Waals surface area contributed by atoms with Crippen LogP contribution < -0.4 is 0 Å². The molecule has 7 aromatic carbocycles. The minimum absolute atomic E-state index is 0.538. The molecule has 0 saturated carbocycles. The number of nitrogens with zero attached hydrogens (tertiary/aromatic N) is 5. The van der Waals surface area contributed by atoms with E-state index in [0.717, 1.165) is 66.5 Å². The maximum Gasteiger partial charge on any atom is 0.0998 e. The van der Waals surface area contributed by atoms with Crippen molar-refractivity contribution in [1.82, 2.24) is 9.13 Å². The summed E-state index contributed by atoms with van der Waals surface area (Å²) in [5, 5.41) is 33.9. The Morgan fingerprint density at radius 1 is 0.400 bits per heavy atom. The number of hydrogen-bond acceptors (Lipinski definition) is 3. The van der Waals surface area contributed by atoms with Crippen LogP contribution in [0, 0.1) is 34.0 Å². The zero-order valence-electron chi connectivity index (χ0n) is 26.7. The van der Waals surface area contributed by atoms with Gasteiger partial charge in [0, 0.05) is 32.8 Å². The van der Waals surface area contributed by atoms with Gasteiger partial charge in [0.2, 0.25) is 0 Å². The van der Waals surface area contributed by atoms with Crippen LogP contribution in [-0.4, -0.2) is 9.13 Å². The van der Waals surface area contributed by atoms with E-state index in [9.17, 15) is 15.8 Å². The first-order chi connectivity index (χ1) is 24.7. The largest absolute Gasteiger partial charge is 0.309 e. The summed E-state index contributed by atoms with van der Waals surface area (Å²) in [5.41, 5.74) is 11.6. The van der Waals surface area contributed by atoms with Crippen molar-refractivity contribution >= 4 is 43.6 Å². The molecular weight excluding hydrogens is 611 g/mol. The Balaban J connectivity index is 1.25. The first kappa shape index (κ1) is 28.8. The number of nitriles is 3. The molecule has 50 heavy (non-hydrogen) atoms. The standard InChI is InChI=1S/C45H25N5/c46-26-29-16-22-34(38(24-29)31-18-20-33(21-19-31)49-40-12-4-2-10-36(40)37-11-3-5-13-41(37)49)35-9-1-6-14-42(35)50-43-23-17-30(27-47)25-39(43)45-32(28-48)8-7-15-44(45)50/h1-25H. The van der Waals surface area contributed by atoms with Gasteiger partial charge in [-0.05, 0) is 89.5 Å². The lowest BCUT2D eigenvalue weighted by atomic mass is 9.92. The fourth-order valence-corrected chi connectivity index (χ4v) is 7.47. The number of para-hydroxylation sites is 3. The molecule has 0 unspecified atom stereocenters. The van der Waals surface area contributed by atoms with Crippen LogP contribution in [0.15, 0.2) is 152 Å². The molecule has 9 rings (SSSR count). The van der Waals surface area contributed by atoms with Crippen LogP contribution >= 0.6 is 0 Å². The van der Waals surface area contributed by atoms with Gasteiger partial charge in [-0.25, -0.2) is 0 Å². The van der Waals surface area contributed by atoms with Gasteiger partial charge in [0.15, 0.2) is 0 Å². The minimum atomic E-state index is 0.538. The van der Waals surface area contributed by atoms with Gasteiger partial charge in [-0.3, -0.25) is 0 Å². The van der Waals surface area contributed by atoms with Crippen LogP contribution in [0.25, 0.3) is 77.2 Å². The normalized spacial score (nSPS) is 11.1. The predicted molar refractivity (Wildman–Crippen MR) is 200 cm³/mol. The summed E-state index contributed by atoms with van der Waals surface area (Å²) < 4.78 is 4.47. The van der Waals surface area contributed by atoms with Crippen LogP contribution in [0.5, 0.6) is 0 Å². The van der Waals surface area contributed by atoms with Crippen molar-refractivity contribution < 1.29 is 0 Å². The molecule has 0 radical (unpaired) electrons. The van der Waals surface area contributed by atoms with E-state index in [1.54, 1.807) is 0 Å². The molecule has 0 fully saturated rings. The summed E-state index contributed by atoms with van der Waals surface area (Å²) in [7, 11) is 0. The molecule has 0 atom stereocenters. The maximum absolute atomic E-state index is 10.1. The topological polar surface area (TPSA) is 81.2 Å². The summed E-state index contributed by atoms with van der Waals surface area (Å²) in [4.78, 5) is 0. The summed E-state index contributed by atoms with van der Waals surface area (Å²) in [6, 6.07) is 57.9. The lowest BCUT2D eigenvalue weighted by Crippen LogP contribution is -1.99. The Hall–Kier alpha value is -7.39. The summed E-state index contributed by atoms with van der Waals surface area (Å²) >= 11 is 0. The highest BCUT2D eigenvalue weighted by molar-refractivity contribution is 6.13. The highest BCUT2D eigenvalue weighted by Crippen LogP contribution is 2.41. The molecule has 5 heteroatoms. The van der Waals surface area contributed by atoms with Gasteiger partial charge >= 0.3 is 0 Å². The number of benzene rings is 7. The summed E-state index contributed by atoms with van der Waals surface area (Å²) in [6.45, 7) is 0. The Kier molecular flexibility index (Phi) is 6.56. The third-order valence-corrected chi connectivity index (χ3v) is 9.64. The third kappa shape index (κ3) is 4.31. The van der Waals surface area contributed by atoms with Crippen molar-refractivity contribution in [3.8, 4) is 51.8 Å². The van der Waals surface area contributed by atoms with Gasteiger partial charge in [0.1, 0.15) is 0 Å². The van der Waals surface area contributed by atoms with Gasteiger partial charge in [-0.1, -0.05) is 78.9 Å². The molecule has 0 amide bonds. The highest BCUT2D eigenvalue weighted by atomic mass is 15.0. The van der Waals surface area contributed by atoms with E-state index in [1.807, 2.05) is 66.7 Å². The Morgan fingerprint density at radius 2 is 1.02 bits per heavy atom. The number of fused-ring (bicyclic) bond motifs is 6. The second-order valence-electron chi connectivity index (χ2n) is 12.3. The zero-order valence-corrected chi connectivity index (χ0v) is 26.7. The molecular formula is C45H25N5. The fourth-order valence-electron chi connectivity index (χ4n) is 7.47. The molecule has 5 nitrogen and oxygen atoms in total. The maximum atomic E-state index is 10.1. The van der Waals surface area contributed by atoms with Crippen LogP contribution in [0.2, 0.25) is 0 Å². The number of aromatic nitrogens is 2. The molecule has 0 aliphatic carbocycles. The molecule has 0 saturated heterocycles. The SMILES string of the molecule is N#Cc1ccc(-c2ccccc2-n2c3ccc(C#N)cc3c3c(C#N)cccc32)c(-c2ccc(-n3c4ccccc4c4ccccc43)cc2)c1. The second kappa shape index (κ2) is 11.4. The van der Waals surface area contributed by atoms with E-state index in [0.29, 0.717) is 16.7 Å². The molecule has 0 spiro atoms. The van der Waals surface area contributed by atoms with Crippen molar-refractivity contribution in [2.75, 3.05) is 0 Å². The highest BCUT2D eigenvalue weighted by Gasteiger charge is 2.20. The van der Waals surface area contributed by atoms with Gasteiger partial charge in [-0.2, -0.15) is 15.8 Å². The monoisotopic (exact) mass is 635 g/mol. The Bertz CT molecular complexity index is 2900. The quantitative estimate of drug-likeness (QED) is 0.193. The van der Waals surface area contributed by atoms with Crippen LogP contribution in [0.1, 0.15) is 16.7 Å². The van der Waals surface area contributed by atoms with E-state index in [-0.39, 0.29) is 0 Å². The lowest BCUT2D eigenvalue weighted by molar-refractivity contribution is 1.18. The van der Waals surface area contributed by atoms with Crippen molar-refractivity contribution in [2.45, 2.75) is 0 Å². The van der Waals surface area contributed by atoms with Gasteiger partial charge < -0.3 is 9.13 Å². The summed E-state index contributed by atoms with van der Waals surface area (Å²) in [5.74, 6) is 0. The van der Waals surface area contributed by atoms with Crippen molar-refractivity contribution in [1.29, 1.82) is 15.8 Å². The fraction of sp³-hybridized carbons (Fsp3) is 0. The minimum Gasteiger partial charge on any atom is -0.309 e. The number of rotatable bonds is 4. The molecule has 2 aromatic heterocycles. The second-order valence-corrected chi connectivity index (χ2v) is 12.3. The third-order valence-electron chi connectivity index (χ3n) is 9.64. The van der Waals surface area contributed by atoms with E-state index in [4.69, 9.17) is 0 Å². The van der Waals surface area contributed by atoms with Crippen LogP contribution in [0.3, 0.4) is 0 Å². The molecule has 0 aliphatic heterocycles. The van der Waals surface area contributed by atoms with Crippen molar-refractivity contribution in [3.63, 3.8) is 0 Å². The molecule has 0 bridgehead atoms. The molecule has 0 aliphatic rings. The number of hydrogen-bond donors (Lipinski definition) is 0. The molecule has 2 heterocycles. The van der Waals surface area contributed by atoms with Crippen molar-refractivity contribution in [2.24, 2.45) is 0 Å².